The molecular formula is C26H16FNO3. The molecule has 5 rings (SSSR count). The van der Waals surface area contributed by atoms with Crippen molar-refractivity contribution < 1.29 is 18.4 Å². The average Bonchev–Trinajstić information content (AvgIpc) is 3.17. The number of hydrogen-bond acceptors (Lipinski definition) is 3. The number of rotatable bonds is 4. The molecule has 0 aliphatic rings. The Morgan fingerprint density at radius 3 is 2.23 bits per heavy atom. The average molecular weight is 409 g/mol. The van der Waals surface area contributed by atoms with E-state index in [2.05, 4.69) is 5.32 Å². The first-order valence-electron chi connectivity index (χ1n) is 9.73. The lowest BCUT2D eigenvalue weighted by Gasteiger charge is -2.09. The van der Waals surface area contributed by atoms with E-state index < -0.39 is 11.6 Å². The first-order valence-corrected chi connectivity index (χ1v) is 9.73. The van der Waals surface area contributed by atoms with Crippen molar-refractivity contribution in [1.29, 1.82) is 0 Å². The lowest BCUT2D eigenvalue weighted by molar-refractivity contribution is 0.101. The van der Waals surface area contributed by atoms with Gasteiger partial charge in [-0.3, -0.25) is 9.59 Å². The Hall–Kier alpha value is -4.25. The Kier molecular flexibility index (Phi) is 4.56. The van der Waals surface area contributed by atoms with Gasteiger partial charge in [0, 0.05) is 16.5 Å². The number of furan rings is 1. The largest absolute Gasteiger partial charge is 0.450 e. The number of carbonyl (C=O) groups excluding carboxylic acids is 2. The number of para-hydroxylation sites is 1. The van der Waals surface area contributed by atoms with Crippen molar-refractivity contribution in [3.63, 3.8) is 0 Å². The highest BCUT2D eigenvalue weighted by Crippen LogP contribution is 2.33. The Labute approximate surface area is 176 Å². The zero-order valence-electron chi connectivity index (χ0n) is 16.3. The molecule has 0 unspecified atom stereocenters. The number of ketones is 1. The molecule has 4 aromatic carbocycles. The van der Waals surface area contributed by atoms with Gasteiger partial charge in [-0.25, -0.2) is 4.39 Å². The number of fused-ring (bicyclic) bond motifs is 2. The normalized spacial score (nSPS) is 11.0. The molecule has 5 heteroatoms. The molecule has 1 aromatic heterocycles. The molecule has 0 fully saturated rings. The zero-order valence-corrected chi connectivity index (χ0v) is 16.3. The van der Waals surface area contributed by atoms with Gasteiger partial charge < -0.3 is 9.73 Å². The van der Waals surface area contributed by atoms with E-state index in [0.29, 0.717) is 22.2 Å². The highest BCUT2D eigenvalue weighted by Gasteiger charge is 2.24. The summed E-state index contributed by atoms with van der Waals surface area (Å²) in [6.07, 6.45) is 0. The van der Waals surface area contributed by atoms with Gasteiger partial charge in [-0.15, -0.1) is 0 Å². The van der Waals surface area contributed by atoms with Gasteiger partial charge in [-0.05, 0) is 53.2 Å². The molecule has 0 aliphatic heterocycles. The molecule has 5 aromatic rings. The molecule has 0 radical (unpaired) electrons. The van der Waals surface area contributed by atoms with E-state index in [0.717, 1.165) is 10.8 Å². The summed E-state index contributed by atoms with van der Waals surface area (Å²) in [6.45, 7) is 0. The molecule has 1 heterocycles. The molecule has 0 saturated carbocycles. The van der Waals surface area contributed by atoms with Gasteiger partial charge in [-0.1, -0.05) is 48.5 Å². The van der Waals surface area contributed by atoms with Gasteiger partial charge in [0.05, 0.1) is 5.69 Å². The Morgan fingerprint density at radius 2 is 1.42 bits per heavy atom. The van der Waals surface area contributed by atoms with Crippen molar-refractivity contribution in [2.24, 2.45) is 0 Å². The third-order valence-corrected chi connectivity index (χ3v) is 5.18. The molecule has 1 amide bonds. The maximum atomic E-state index is 13.3. The molecule has 0 saturated heterocycles. The molecule has 0 spiro atoms. The van der Waals surface area contributed by atoms with Crippen LogP contribution in [0.1, 0.15) is 26.5 Å². The van der Waals surface area contributed by atoms with Gasteiger partial charge >= 0.3 is 0 Å². The van der Waals surface area contributed by atoms with Gasteiger partial charge in [0.1, 0.15) is 11.4 Å². The second-order valence-electron chi connectivity index (χ2n) is 7.12. The summed E-state index contributed by atoms with van der Waals surface area (Å²) >= 11 is 0. The van der Waals surface area contributed by atoms with Crippen molar-refractivity contribution in [2.75, 3.05) is 5.32 Å². The lowest BCUT2D eigenvalue weighted by atomic mass is 10.0. The summed E-state index contributed by atoms with van der Waals surface area (Å²) in [6, 6.07) is 25.4. The number of nitrogens with one attached hydrogen (secondary N) is 1. The van der Waals surface area contributed by atoms with Crippen LogP contribution in [0, 0.1) is 5.82 Å². The van der Waals surface area contributed by atoms with Crippen LogP contribution in [0.2, 0.25) is 0 Å². The molecule has 4 nitrogen and oxygen atoms in total. The lowest BCUT2D eigenvalue weighted by Crippen LogP contribution is -2.14. The van der Waals surface area contributed by atoms with E-state index in [-0.39, 0.29) is 17.2 Å². The fraction of sp³-hybridized carbons (Fsp3) is 0. The van der Waals surface area contributed by atoms with Crippen LogP contribution >= 0.6 is 0 Å². The Balaban J connectivity index is 1.60. The van der Waals surface area contributed by atoms with Crippen LogP contribution in [0.3, 0.4) is 0 Å². The zero-order chi connectivity index (χ0) is 21.4. The maximum absolute atomic E-state index is 13.3. The topological polar surface area (TPSA) is 59.3 Å². The fourth-order valence-electron chi connectivity index (χ4n) is 3.67. The van der Waals surface area contributed by atoms with E-state index in [1.165, 1.54) is 24.3 Å². The second-order valence-corrected chi connectivity index (χ2v) is 7.12. The van der Waals surface area contributed by atoms with Crippen molar-refractivity contribution in [3.8, 4) is 0 Å². The van der Waals surface area contributed by atoms with Crippen molar-refractivity contribution in [2.45, 2.75) is 0 Å². The van der Waals surface area contributed by atoms with E-state index >= 15 is 0 Å². The molecular weight excluding hydrogens is 393 g/mol. The third kappa shape index (κ3) is 3.36. The van der Waals surface area contributed by atoms with E-state index in [1.54, 1.807) is 30.3 Å². The molecule has 1 N–H and O–H groups in total. The summed E-state index contributed by atoms with van der Waals surface area (Å²) in [5.74, 6) is -1.23. The number of hydrogen-bond donors (Lipinski definition) is 1. The summed E-state index contributed by atoms with van der Waals surface area (Å²) in [7, 11) is 0. The Morgan fingerprint density at radius 1 is 0.742 bits per heavy atom. The minimum atomic E-state index is -0.440. The molecule has 0 atom stereocenters. The Bertz CT molecular complexity index is 1450. The van der Waals surface area contributed by atoms with Crippen LogP contribution in [0.4, 0.5) is 10.1 Å². The van der Waals surface area contributed by atoms with Crippen LogP contribution in [0.15, 0.2) is 95.4 Å². The number of halogens is 1. The minimum absolute atomic E-state index is 0.00129. The second kappa shape index (κ2) is 7.54. The number of carbonyl (C=O) groups is 2. The first kappa shape index (κ1) is 18.8. The van der Waals surface area contributed by atoms with E-state index in [9.17, 15) is 14.0 Å². The van der Waals surface area contributed by atoms with E-state index in [4.69, 9.17) is 4.42 Å². The molecule has 0 bridgehead atoms. The van der Waals surface area contributed by atoms with Gasteiger partial charge in [-0.2, -0.15) is 0 Å². The molecule has 150 valence electrons. The SMILES string of the molecule is O=C(c1ccc(F)cc1)c1oc2ccccc2c1NC(=O)c1cccc2ccccc12. The van der Waals surface area contributed by atoms with Crippen LogP contribution in [-0.2, 0) is 0 Å². The predicted molar refractivity (Wildman–Crippen MR) is 118 cm³/mol. The van der Waals surface area contributed by atoms with Gasteiger partial charge in [0.25, 0.3) is 5.91 Å². The summed E-state index contributed by atoms with van der Waals surface area (Å²) in [4.78, 5) is 26.3. The van der Waals surface area contributed by atoms with Crippen molar-refractivity contribution in [3.05, 3.63) is 114 Å². The third-order valence-electron chi connectivity index (χ3n) is 5.18. The van der Waals surface area contributed by atoms with Crippen molar-refractivity contribution >= 4 is 39.1 Å². The molecule has 31 heavy (non-hydrogen) atoms. The van der Waals surface area contributed by atoms with Crippen molar-refractivity contribution in [1.82, 2.24) is 0 Å². The smallest absolute Gasteiger partial charge is 0.256 e. The van der Waals surface area contributed by atoms with Crippen LogP contribution < -0.4 is 5.32 Å². The summed E-state index contributed by atoms with van der Waals surface area (Å²) < 4.78 is 19.1. The summed E-state index contributed by atoms with van der Waals surface area (Å²) in [5, 5.41) is 5.24. The van der Waals surface area contributed by atoms with E-state index in [1.807, 2.05) is 36.4 Å². The highest BCUT2D eigenvalue weighted by atomic mass is 19.1. The van der Waals surface area contributed by atoms with Crippen LogP contribution in [0.5, 0.6) is 0 Å². The summed E-state index contributed by atoms with van der Waals surface area (Å²) in [5.41, 5.74) is 1.52. The standard InChI is InChI=1S/C26H16FNO3/c27-18-14-12-17(13-15-18)24(29)25-23(21-9-3-4-11-22(21)31-25)28-26(30)20-10-5-7-16-6-1-2-8-19(16)20/h1-15H,(H,28,30). The first-order chi connectivity index (χ1) is 15.1. The minimum Gasteiger partial charge on any atom is -0.450 e. The predicted octanol–water partition coefficient (Wildman–Crippen LogP) is 6.21. The molecule has 0 aliphatic carbocycles. The highest BCUT2D eigenvalue weighted by molar-refractivity contribution is 6.20. The number of benzene rings is 4. The van der Waals surface area contributed by atoms with Gasteiger partial charge in [0.15, 0.2) is 5.76 Å². The van der Waals surface area contributed by atoms with Crippen LogP contribution in [0.25, 0.3) is 21.7 Å². The fourth-order valence-corrected chi connectivity index (χ4v) is 3.67. The monoisotopic (exact) mass is 409 g/mol. The number of amides is 1. The van der Waals surface area contributed by atoms with Crippen LogP contribution in [-0.4, -0.2) is 11.7 Å². The quantitative estimate of drug-likeness (QED) is 0.359. The number of anilines is 1. The van der Waals surface area contributed by atoms with Gasteiger partial charge in [0.2, 0.25) is 5.78 Å². The maximum Gasteiger partial charge on any atom is 0.256 e.